The first-order chi connectivity index (χ1) is 23.8. The first kappa shape index (κ1) is 35.8. The van der Waals surface area contributed by atoms with Crippen LogP contribution in [-0.4, -0.2) is 78.4 Å². The third-order valence-electron chi connectivity index (χ3n) is 7.69. The largest absolute Gasteiger partial charge is 0.497 e. The van der Waals surface area contributed by atoms with E-state index >= 15 is 0 Å². The Kier molecular flexibility index (Phi) is 10.4. The molecule has 0 saturated carbocycles. The molecule has 4 aromatic heterocycles. The molecule has 0 radical (unpaired) electrons. The van der Waals surface area contributed by atoms with Crippen LogP contribution in [0, 0.1) is 0 Å². The normalized spacial score (nSPS) is 11.2. The number of methoxy groups -OCH3 is 4. The van der Waals surface area contributed by atoms with Crippen molar-refractivity contribution in [1.29, 1.82) is 0 Å². The molecule has 0 unspecified atom stereocenters. The number of fused-ring (bicyclic) bond motifs is 2. The Hall–Kier alpha value is -5.48. The second-order valence-corrected chi connectivity index (χ2v) is 13.6. The highest BCUT2D eigenvalue weighted by Crippen LogP contribution is 2.31. The van der Waals surface area contributed by atoms with E-state index in [4.69, 9.17) is 18.9 Å². The zero-order valence-corrected chi connectivity index (χ0v) is 30.2. The van der Waals surface area contributed by atoms with Crippen LogP contribution in [0.2, 0.25) is 0 Å². The van der Waals surface area contributed by atoms with Crippen molar-refractivity contribution in [3.05, 3.63) is 81.6 Å². The summed E-state index contributed by atoms with van der Waals surface area (Å²) < 4.78 is 47.2. The quantitative estimate of drug-likeness (QED) is 0.163. The molecule has 14 nitrogen and oxygen atoms in total. The van der Waals surface area contributed by atoms with Crippen molar-refractivity contribution in [3.8, 4) is 45.3 Å². The molecule has 260 valence electrons. The first-order valence-corrected chi connectivity index (χ1v) is 17.9. The Labute approximate surface area is 291 Å². The molecule has 0 saturated heterocycles. The highest BCUT2D eigenvalue weighted by molar-refractivity contribution is 7.98. The van der Waals surface area contributed by atoms with Crippen LogP contribution >= 0.6 is 11.8 Å². The lowest BCUT2D eigenvalue weighted by molar-refractivity contribution is 0.394. The molecule has 0 atom stereocenters. The van der Waals surface area contributed by atoms with Gasteiger partial charge in [0.1, 0.15) is 34.3 Å². The zero-order chi connectivity index (χ0) is 36.3. The van der Waals surface area contributed by atoms with Crippen molar-refractivity contribution in [2.75, 3.05) is 41.0 Å². The summed E-state index contributed by atoms with van der Waals surface area (Å²) in [6.07, 6.45) is 6.03. The van der Waals surface area contributed by atoms with Crippen molar-refractivity contribution in [2.45, 2.75) is 10.3 Å². The smallest absolute Gasteiger partial charge is 0.259 e. The number of nitrogens with zero attached hydrogens (tertiary/aromatic N) is 6. The molecule has 0 spiro atoms. The van der Waals surface area contributed by atoms with E-state index in [-0.39, 0.29) is 21.9 Å². The standard InChI is InChI=1S/C17H17N3O5S.C17H17N3O3S/c1-20-15-11(9-18-17(19-15)26(4,22)23)7-14(16(20)21)10-5-12(24-2)8-13(6-10)25-3;1-20-15-11(9-18-17(19-15)24-4)7-14(16(20)21)10-5-12(22-2)8-13(6-10)23-3/h5-9H,1-4H3;5-9H,1-4H3. The summed E-state index contributed by atoms with van der Waals surface area (Å²) in [5, 5.41) is 1.65. The van der Waals surface area contributed by atoms with E-state index < -0.39 is 9.84 Å². The number of hydrogen-bond acceptors (Lipinski definition) is 13. The van der Waals surface area contributed by atoms with Crippen molar-refractivity contribution >= 4 is 43.7 Å². The Morgan fingerprint density at radius 3 is 1.40 bits per heavy atom. The van der Waals surface area contributed by atoms with E-state index in [2.05, 4.69) is 19.9 Å². The van der Waals surface area contributed by atoms with E-state index in [0.717, 1.165) is 17.2 Å². The molecule has 16 heteroatoms. The van der Waals surface area contributed by atoms with Gasteiger partial charge in [0.25, 0.3) is 11.1 Å². The van der Waals surface area contributed by atoms with Crippen LogP contribution in [0.1, 0.15) is 0 Å². The van der Waals surface area contributed by atoms with Gasteiger partial charge in [-0.05, 0) is 53.8 Å². The third-order valence-corrected chi connectivity index (χ3v) is 9.11. The molecule has 6 rings (SSSR count). The molecule has 0 aliphatic carbocycles. The average molecular weight is 719 g/mol. The molecule has 0 fully saturated rings. The van der Waals surface area contributed by atoms with Gasteiger partial charge in [0.15, 0.2) is 5.16 Å². The summed E-state index contributed by atoms with van der Waals surface area (Å²) >= 11 is 1.44. The van der Waals surface area contributed by atoms with E-state index in [9.17, 15) is 18.0 Å². The molecule has 0 amide bonds. The Balaban J connectivity index is 0.000000195. The molecule has 6 aromatic rings. The van der Waals surface area contributed by atoms with Crippen LogP contribution in [0.15, 0.2) is 80.8 Å². The summed E-state index contributed by atoms with van der Waals surface area (Å²) in [4.78, 5) is 42.2. The van der Waals surface area contributed by atoms with E-state index in [1.165, 1.54) is 48.4 Å². The van der Waals surface area contributed by atoms with Gasteiger partial charge in [-0.2, -0.15) is 4.98 Å². The van der Waals surface area contributed by atoms with Crippen molar-refractivity contribution in [2.24, 2.45) is 14.1 Å². The lowest BCUT2D eigenvalue weighted by Gasteiger charge is -2.11. The van der Waals surface area contributed by atoms with E-state index in [1.807, 2.05) is 18.4 Å². The minimum Gasteiger partial charge on any atom is -0.497 e. The SMILES string of the molecule is COc1cc(OC)cc(-c2cc3cnc(S(C)(=O)=O)nc3n(C)c2=O)c1.COc1cc(OC)cc(-c2cc3cnc(SC)nc3n(C)c2=O)c1. The molecule has 0 aliphatic heterocycles. The number of thioether (sulfide) groups is 1. The van der Waals surface area contributed by atoms with Gasteiger partial charge < -0.3 is 18.9 Å². The van der Waals surface area contributed by atoms with Crippen molar-refractivity contribution in [3.63, 3.8) is 0 Å². The number of benzene rings is 2. The molecule has 0 N–H and O–H groups in total. The van der Waals surface area contributed by atoms with Crippen LogP contribution in [-0.2, 0) is 23.9 Å². The number of sulfone groups is 1. The number of rotatable bonds is 8. The molecule has 0 bridgehead atoms. The number of aromatic nitrogens is 6. The van der Waals surface area contributed by atoms with Gasteiger partial charge in [0, 0.05) is 66.8 Å². The highest BCUT2D eigenvalue weighted by atomic mass is 32.2. The van der Waals surface area contributed by atoms with Crippen molar-refractivity contribution < 1.29 is 27.4 Å². The molecular weight excluding hydrogens is 685 g/mol. The second-order valence-electron chi connectivity index (χ2n) is 10.9. The van der Waals surface area contributed by atoms with Crippen LogP contribution < -0.4 is 30.1 Å². The van der Waals surface area contributed by atoms with E-state index in [0.29, 0.717) is 55.9 Å². The summed E-state index contributed by atoms with van der Waals surface area (Å²) in [6.45, 7) is 0. The first-order valence-electron chi connectivity index (χ1n) is 14.8. The van der Waals surface area contributed by atoms with Crippen LogP contribution in [0.25, 0.3) is 44.3 Å². The lowest BCUT2D eigenvalue weighted by Crippen LogP contribution is -2.20. The van der Waals surface area contributed by atoms with Gasteiger partial charge in [-0.15, -0.1) is 0 Å². The topological polar surface area (TPSA) is 167 Å². The number of ether oxygens (including phenoxy) is 4. The van der Waals surface area contributed by atoms with Crippen LogP contribution in [0.4, 0.5) is 0 Å². The monoisotopic (exact) mass is 718 g/mol. The molecule has 0 aliphatic rings. The number of aryl methyl sites for hydroxylation is 2. The van der Waals surface area contributed by atoms with Gasteiger partial charge >= 0.3 is 0 Å². The number of hydrogen-bond donors (Lipinski definition) is 0. The lowest BCUT2D eigenvalue weighted by atomic mass is 10.1. The Bertz CT molecular complexity index is 2440. The molecule has 2 aromatic carbocycles. The van der Waals surface area contributed by atoms with Crippen LogP contribution in [0.5, 0.6) is 23.0 Å². The molecular formula is C34H34N6O8S2. The van der Waals surface area contributed by atoms with Gasteiger partial charge in [0.05, 0.1) is 28.4 Å². The van der Waals surface area contributed by atoms with Crippen molar-refractivity contribution in [1.82, 2.24) is 29.1 Å². The van der Waals surface area contributed by atoms with Gasteiger partial charge in [-0.25, -0.2) is 23.4 Å². The fourth-order valence-electron chi connectivity index (χ4n) is 5.08. The summed E-state index contributed by atoms with van der Waals surface area (Å²) in [5.41, 5.74) is 2.66. The minimum atomic E-state index is -3.57. The maximum atomic E-state index is 12.8. The van der Waals surface area contributed by atoms with Gasteiger partial charge in [0.2, 0.25) is 15.0 Å². The summed E-state index contributed by atoms with van der Waals surface area (Å²) in [7, 11) is 5.88. The maximum Gasteiger partial charge on any atom is 0.259 e. The predicted octanol–water partition coefficient (Wildman–Crippen LogP) is 4.15. The van der Waals surface area contributed by atoms with E-state index in [1.54, 1.807) is 63.9 Å². The summed E-state index contributed by atoms with van der Waals surface area (Å²) in [5.74, 6) is 2.34. The third kappa shape index (κ3) is 7.25. The van der Waals surface area contributed by atoms with Gasteiger partial charge in [-0.3, -0.25) is 18.7 Å². The number of pyridine rings is 2. The highest BCUT2D eigenvalue weighted by Gasteiger charge is 2.17. The second kappa shape index (κ2) is 14.6. The Morgan fingerprint density at radius 1 is 0.620 bits per heavy atom. The summed E-state index contributed by atoms with van der Waals surface area (Å²) in [6, 6.07) is 13.9. The fourth-order valence-corrected chi connectivity index (χ4v) is 5.91. The maximum absolute atomic E-state index is 12.8. The molecule has 50 heavy (non-hydrogen) atoms. The zero-order valence-electron chi connectivity index (χ0n) is 28.5. The predicted molar refractivity (Wildman–Crippen MR) is 192 cm³/mol. The Morgan fingerprint density at radius 2 is 1.02 bits per heavy atom. The molecule has 4 heterocycles. The fraction of sp³-hybridized carbons (Fsp3) is 0.235. The van der Waals surface area contributed by atoms with Crippen LogP contribution in [0.3, 0.4) is 0 Å². The minimum absolute atomic E-state index is 0.136. The van der Waals surface area contributed by atoms with Gasteiger partial charge in [-0.1, -0.05) is 11.8 Å². The average Bonchev–Trinajstić information content (AvgIpc) is 3.13.